The molecule has 1 aromatic rings. The second-order valence-corrected chi connectivity index (χ2v) is 3.47. The van der Waals surface area contributed by atoms with Crippen molar-refractivity contribution in [2.75, 3.05) is 0 Å². The first kappa shape index (κ1) is 9.00. The second-order valence-electron chi connectivity index (χ2n) is 3.47. The van der Waals surface area contributed by atoms with E-state index in [0.717, 1.165) is 0 Å². The first-order valence-corrected chi connectivity index (χ1v) is 4.66. The third kappa shape index (κ3) is 1.23. The Hall–Kier alpha value is -1.57. The van der Waals surface area contributed by atoms with Gasteiger partial charge in [0.2, 0.25) is 0 Å². The number of carbonyl (C=O) groups excluding carboxylic acids is 1. The molecule has 2 heteroatoms. The van der Waals surface area contributed by atoms with Gasteiger partial charge in [0.1, 0.15) is 11.9 Å². The number of rotatable bonds is 1. The van der Waals surface area contributed by atoms with Crippen molar-refractivity contribution in [2.24, 2.45) is 5.92 Å². The number of hydrogen-bond acceptors (Lipinski definition) is 2. The fourth-order valence-corrected chi connectivity index (χ4v) is 1.67. The average molecular weight is 188 g/mol. The van der Waals surface area contributed by atoms with Gasteiger partial charge in [-0.1, -0.05) is 31.7 Å². The Labute approximate surface area is 83.2 Å². The predicted octanol–water partition coefficient (Wildman–Crippen LogP) is 2.45. The van der Waals surface area contributed by atoms with Gasteiger partial charge in [-0.05, 0) is 12.1 Å². The van der Waals surface area contributed by atoms with Gasteiger partial charge in [-0.15, -0.1) is 0 Å². The van der Waals surface area contributed by atoms with E-state index in [1.54, 1.807) is 12.1 Å². The van der Waals surface area contributed by atoms with Crippen molar-refractivity contribution in [3.63, 3.8) is 0 Å². The molecule has 0 unspecified atom stereocenters. The minimum absolute atomic E-state index is 0.136. The Morgan fingerprint density at radius 3 is 2.86 bits per heavy atom. The lowest BCUT2D eigenvalue weighted by Gasteiger charge is -2.28. The third-order valence-electron chi connectivity index (χ3n) is 2.55. The summed E-state index contributed by atoms with van der Waals surface area (Å²) in [4.78, 5) is 11.9. The van der Waals surface area contributed by atoms with Gasteiger partial charge in [-0.25, -0.2) is 0 Å². The summed E-state index contributed by atoms with van der Waals surface area (Å²) >= 11 is 0. The second kappa shape index (κ2) is 3.29. The van der Waals surface area contributed by atoms with Gasteiger partial charge in [0.05, 0.1) is 11.5 Å². The molecule has 1 aromatic carbocycles. The van der Waals surface area contributed by atoms with Crippen molar-refractivity contribution in [3.05, 3.63) is 42.5 Å². The number of carbonyl (C=O) groups is 1. The molecule has 0 saturated heterocycles. The van der Waals surface area contributed by atoms with Crippen LogP contribution >= 0.6 is 0 Å². The van der Waals surface area contributed by atoms with Gasteiger partial charge < -0.3 is 4.74 Å². The standard InChI is InChI=1S/C12H12O2/c1-3-10-8(2)12(13)9-6-4-5-7-11(9)14-10/h3-8,10H,1H2,2H3/t8-,10+/m1/s1. The van der Waals surface area contributed by atoms with E-state index in [2.05, 4.69) is 6.58 Å². The van der Waals surface area contributed by atoms with Crippen LogP contribution < -0.4 is 4.74 Å². The van der Waals surface area contributed by atoms with Crippen LogP contribution in [0, 0.1) is 5.92 Å². The van der Waals surface area contributed by atoms with E-state index in [1.165, 1.54) is 0 Å². The molecule has 72 valence electrons. The molecule has 1 aliphatic rings. The molecular formula is C12H12O2. The Morgan fingerprint density at radius 2 is 2.14 bits per heavy atom. The molecule has 1 aliphatic heterocycles. The van der Waals surface area contributed by atoms with E-state index in [1.807, 2.05) is 25.1 Å². The minimum atomic E-state index is -0.197. The van der Waals surface area contributed by atoms with Crippen LogP contribution in [0.1, 0.15) is 17.3 Å². The van der Waals surface area contributed by atoms with Crippen LogP contribution in [0.25, 0.3) is 0 Å². The zero-order valence-corrected chi connectivity index (χ0v) is 8.07. The van der Waals surface area contributed by atoms with Crippen molar-refractivity contribution >= 4 is 5.78 Å². The number of Topliss-reactive ketones (excluding diaryl/α,β-unsaturated/α-hetero) is 1. The van der Waals surface area contributed by atoms with Crippen LogP contribution in [0.3, 0.4) is 0 Å². The highest BCUT2D eigenvalue weighted by atomic mass is 16.5. The molecule has 0 aromatic heterocycles. The van der Waals surface area contributed by atoms with Crippen LogP contribution in [-0.2, 0) is 0 Å². The summed E-state index contributed by atoms with van der Waals surface area (Å²) < 4.78 is 5.62. The summed E-state index contributed by atoms with van der Waals surface area (Å²) in [7, 11) is 0. The molecule has 0 aliphatic carbocycles. The normalized spacial score (nSPS) is 25.1. The zero-order chi connectivity index (χ0) is 10.1. The first-order chi connectivity index (χ1) is 6.74. The number of hydrogen-bond donors (Lipinski definition) is 0. The van der Waals surface area contributed by atoms with Crippen molar-refractivity contribution in [3.8, 4) is 5.75 Å². The van der Waals surface area contributed by atoms with Gasteiger partial charge in [0.15, 0.2) is 5.78 Å². The number of ketones is 1. The molecule has 2 rings (SSSR count). The number of ether oxygens (including phenoxy) is 1. The summed E-state index contributed by atoms with van der Waals surface area (Å²) in [5.41, 5.74) is 0.679. The molecular weight excluding hydrogens is 176 g/mol. The molecule has 0 saturated carbocycles. The molecule has 14 heavy (non-hydrogen) atoms. The molecule has 2 nitrogen and oxygen atoms in total. The fraction of sp³-hybridized carbons (Fsp3) is 0.250. The monoisotopic (exact) mass is 188 g/mol. The van der Waals surface area contributed by atoms with Gasteiger partial charge in [0, 0.05) is 0 Å². The topological polar surface area (TPSA) is 26.3 Å². The van der Waals surface area contributed by atoms with Crippen molar-refractivity contribution in [1.82, 2.24) is 0 Å². The lowest BCUT2D eigenvalue weighted by atomic mass is 9.91. The molecule has 0 fully saturated rings. The summed E-state index contributed by atoms with van der Waals surface area (Å²) in [5.74, 6) is 0.666. The van der Waals surface area contributed by atoms with Crippen molar-refractivity contribution < 1.29 is 9.53 Å². The van der Waals surface area contributed by atoms with E-state index in [9.17, 15) is 4.79 Å². The lowest BCUT2D eigenvalue weighted by Crippen LogP contribution is -2.34. The van der Waals surface area contributed by atoms with E-state index in [4.69, 9.17) is 4.74 Å². The van der Waals surface area contributed by atoms with Crippen LogP contribution in [0.15, 0.2) is 36.9 Å². The maximum Gasteiger partial charge on any atom is 0.173 e. The minimum Gasteiger partial charge on any atom is -0.485 e. The number of para-hydroxylation sites is 1. The van der Waals surface area contributed by atoms with Gasteiger partial charge in [0.25, 0.3) is 0 Å². The Kier molecular flexibility index (Phi) is 2.12. The maximum atomic E-state index is 11.9. The maximum absolute atomic E-state index is 11.9. The van der Waals surface area contributed by atoms with E-state index in [-0.39, 0.29) is 17.8 Å². The largest absolute Gasteiger partial charge is 0.485 e. The van der Waals surface area contributed by atoms with E-state index in [0.29, 0.717) is 11.3 Å². The lowest BCUT2D eigenvalue weighted by molar-refractivity contribution is 0.0774. The molecule has 0 spiro atoms. The van der Waals surface area contributed by atoms with Crippen LogP contribution in [0.2, 0.25) is 0 Å². The van der Waals surface area contributed by atoms with Crippen LogP contribution in [0.5, 0.6) is 5.75 Å². The Morgan fingerprint density at radius 1 is 1.43 bits per heavy atom. The number of fused-ring (bicyclic) bond motifs is 1. The molecule has 2 atom stereocenters. The molecule has 0 amide bonds. The molecule has 1 heterocycles. The van der Waals surface area contributed by atoms with Gasteiger partial charge in [-0.3, -0.25) is 4.79 Å². The third-order valence-corrected chi connectivity index (χ3v) is 2.55. The highest BCUT2D eigenvalue weighted by molar-refractivity contribution is 6.01. The summed E-state index contributed by atoms with van der Waals surface area (Å²) in [6.45, 7) is 5.53. The number of benzene rings is 1. The zero-order valence-electron chi connectivity index (χ0n) is 8.07. The quantitative estimate of drug-likeness (QED) is 0.633. The van der Waals surface area contributed by atoms with Gasteiger partial charge >= 0.3 is 0 Å². The Balaban J connectivity index is 2.47. The Bertz CT molecular complexity index is 382. The molecule has 0 radical (unpaired) electrons. The highest BCUT2D eigenvalue weighted by Crippen LogP contribution is 2.30. The fourth-order valence-electron chi connectivity index (χ4n) is 1.67. The predicted molar refractivity (Wildman–Crippen MR) is 54.5 cm³/mol. The molecule has 0 N–H and O–H groups in total. The molecule has 0 bridgehead atoms. The van der Waals surface area contributed by atoms with Crippen LogP contribution in [0.4, 0.5) is 0 Å². The first-order valence-electron chi connectivity index (χ1n) is 4.66. The van der Waals surface area contributed by atoms with Crippen molar-refractivity contribution in [2.45, 2.75) is 13.0 Å². The summed E-state index contributed by atoms with van der Waals surface area (Å²) in [6, 6.07) is 7.33. The highest BCUT2D eigenvalue weighted by Gasteiger charge is 2.31. The summed E-state index contributed by atoms with van der Waals surface area (Å²) in [5, 5.41) is 0. The smallest absolute Gasteiger partial charge is 0.173 e. The summed E-state index contributed by atoms with van der Waals surface area (Å²) in [6.07, 6.45) is 1.48. The average Bonchev–Trinajstić information content (AvgIpc) is 2.23. The SMILES string of the molecule is C=C[C@@H]1Oc2ccccc2C(=O)[C@@H]1C. The van der Waals surface area contributed by atoms with Gasteiger partial charge in [-0.2, -0.15) is 0 Å². The van der Waals surface area contributed by atoms with Crippen LogP contribution in [-0.4, -0.2) is 11.9 Å². The van der Waals surface area contributed by atoms with Crippen molar-refractivity contribution in [1.29, 1.82) is 0 Å². The van der Waals surface area contributed by atoms with E-state index < -0.39 is 0 Å². The van der Waals surface area contributed by atoms with E-state index >= 15 is 0 Å².